The first-order valence-corrected chi connectivity index (χ1v) is 7.80. The topological polar surface area (TPSA) is 70.6 Å². The molecule has 3 N–H and O–H groups in total. The fourth-order valence-electron chi connectivity index (χ4n) is 2.83. The summed E-state index contributed by atoms with van der Waals surface area (Å²) in [6.45, 7) is 6.82. The maximum atomic E-state index is 11.9. The summed E-state index contributed by atoms with van der Waals surface area (Å²) in [6, 6.07) is 7.75. The molecular formula is C17H26N2O3. The Balaban J connectivity index is 1.69. The molecule has 1 aliphatic rings. The smallest absolute Gasteiger partial charge is 0.314 e. The molecule has 0 saturated carbocycles. The van der Waals surface area contributed by atoms with Crippen LogP contribution in [0.15, 0.2) is 24.3 Å². The number of amides is 2. The molecule has 5 nitrogen and oxygen atoms in total. The van der Waals surface area contributed by atoms with Gasteiger partial charge in [0.05, 0.1) is 12.6 Å². The van der Waals surface area contributed by atoms with Crippen molar-refractivity contribution in [3.63, 3.8) is 0 Å². The van der Waals surface area contributed by atoms with E-state index >= 15 is 0 Å². The number of nitrogens with one attached hydrogen (secondary N) is 2. The molecule has 0 aromatic heterocycles. The number of benzene rings is 1. The van der Waals surface area contributed by atoms with Crippen LogP contribution in [-0.2, 0) is 6.42 Å². The van der Waals surface area contributed by atoms with E-state index in [0.29, 0.717) is 19.5 Å². The molecule has 2 rings (SSSR count). The zero-order valence-corrected chi connectivity index (χ0v) is 13.6. The molecule has 1 aliphatic heterocycles. The van der Waals surface area contributed by atoms with Crippen LogP contribution in [0.1, 0.15) is 32.8 Å². The Morgan fingerprint density at radius 1 is 1.41 bits per heavy atom. The van der Waals surface area contributed by atoms with E-state index in [0.717, 1.165) is 12.2 Å². The fraction of sp³-hybridized carbons (Fsp3) is 0.588. The largest absolute Gasteiger partial charge is 0.488 e. The van der Waals surface area contributed by atoms with Crippen molar-refractivity contribution >= 4 is 6.03 Å². The molecule has 2 atom stereocenters. The normalized spacial score (nSPS) is 18.3. The lowest BCUT2D eigenvalue weighted by Gasteiger charge is -2.26. The van der Waals surface area contributed by atoms with Crippen LogP contribution in [-0.4, -0.2) is 36.4 Å². The molecule has 0 saturated heterocycles. The van der Waals surface area contributed by atoms with Crippen LogP contribution in [0.5, 0.6) is 5.75 Å². The highest BCUT2D eigenvalue weighted by atomic mass is 16.5. The van der Waals surface area contributed by atoms with E-state index in [-0.39, 0.29) is 23.7 Å². The van der Waals surface area contributed by atoms with Gasteiger partial charge in [-0.1, -0.05) is 32.0 Å². The van der Waals surface area contributed by atoms with Gasteiger partial charge in [-0.3, -0.25) is 0 Å². The van der Waals surface area contributed by atoms with Gasteiger partial charge in [0, 0.05) is 13.0 Å². The van der Waals surface area contributed by atoms with Crippen molar-refractivity contribution in [3.05, 3.63) is 29.8 Å². The highest BCUT2D eigenvalue weighted by Gasteiger charge is 2.24. The Hall–Kier alpha value is -1.75. The third-order valence-electron chi connectivity index (χ3n) is 3.78. The second-order valence-corrected chi connectivity index (χ2v) is 6.83. The van der Waals surface area contributed by atoms with Crippen LogP contribution in [0, 0.1) is 5.41 Å². The van der Waals surface area contributed by atoms with Crippen LogP contribution < -0.4 is 15.4 Å². The molecular weight excluding hydrogens is 280 g/mol. The molecule has 22 heavy (non-hydrogen) atoms. The molecule has 5 heteroatoms. The van der Waals surface area contributed by atoms with Crippen LogP contribution >= 0.6 is 0 Å². The highest BCUT2D eigenvalue weighted by molar-refractivity contribution is 5.73. The van der Waals surface area contributed by atoms with Gasteiger partial charge in [0.25, 0.3) is 0 Å². The van der Waals surface area contributed by atoms with Crippen LogP contribution in [0.4, 0.5) is 4.79 Å². The minimum absolute atomic E-state index is 0.00590. The van der Waals surface area contributed by atoms with E-state index < -0.39 is 0 Å². The lowest BCUT2D eigenvalue weighted by molar-refractivity contribution is 0.128. The number of ether oxygens (including phenoxy) is 1. The maximum Gasteiger partial charge on any atom is 0.314 e. The number of aliphatic hydroxyl groups is 1. The maximum absolute atomic E-state index is 11.9. The molecule has 0 aliphatic carbocycles. The van der Waals surface area contributed by atoms with Gasteiger partial charge in [-0.2, -0.15) is 0 Å². The van der Waals surface area contributed by atoms with Crippen molar-refractivity contribution in [2.45, 2.75) is 45.8 Å². The monoisotopic (exact) mass is 306 g/mol. The molecule has 2 unspecified atom stereocenters. The third kappa shape index (κ3) is 4.91. The van der Waals surface area contributed by atoms with Crippen molar-refractivity contribution in [3.8, 4) is 5.75 Å². The molecule has 0 spiro atoms. The molecule has 0 fully saturated rings. The Morgan fingerprint density at radius 2 is 2.14 bits per heavy atom. The van der Waals surface area contributed by atoms with Crippen LogP contribution in [0.2, 0.25) is 0 Å². The first kappa shape index (κ1) is 16.6. The summed E-state index contributed by atoms with van der Waals surface area (Å²) >= 11 is 0. The summed E-state index contributed by atoms with van der Waals surface area (Å²) in [5.41, 5.74) is 1.05. The Morgan fingerprint density at radius 3 is 2.82 bits per heavy atom. The van der Waals surface area contributed by atoms with E-state index in [1.807, 2.05) is 38.1 Å². The number of rotatable bonds is 6. The van der Waals surface area contributed by atoms with Crippen molar-refractivity contribution in [2.75, 3.05) is 13.1 Å². The van der Waals surface area contributed by atoms with Crippen molar-refractivity contribution in [1.29, 1.82) is 0 Å². The second kappa shape index (κ2) is 7.01. The van der Waals surface area contributed by atoms with Gasteiger partial charge in [0.1, 0.15) is 11.9 Å². The summed E-state index contributed by atoms with van der Waals surface area (Å²) in [5.74, 6) is 0.910. The van der Waals surface area contributed by atoms with Crippen molar-refractivity contribution in [1.82, 2.24) is 10.6 Å². The van der Waals surface area contributed by atoms with Crippen LogP contribution in [0.25, 0.3) is 0 Å². The quantitative estimate of drug-likeness (QED) is 0.753. The minimum atomic E-state index is -0.370. The Labute approximate surface area is 132 Å². The minimum Gasteiger partial charge on any atom is -0.488 e. The number of hydrogen-bond donors (Lipinski definition) is 3. The molecule has 0 bridgehead atoms. The van der Waals surface area contributed by atoms with Crippen molar-refractivity contribution in [2.24, 2.45) is 5.41 Å². The van der Waals surface area contributed by atoms with E-state index in [4.69, 9.17) is 4.74 Å². The molecule has 1 aromatic carbocycles. The van der Waals surface area contributed by atoms with Crippen LogP contribution in [0.3, 0.4) is 0 Å². The number of carbonyl (C=O) groups excluding carboxylic acids is 1. The van der Waals surface area contributed by atoms with Gasteiger partial charge in [-0.25, -0.2) is 4.79 Å². The number of carbonyl (C=O) groups is 1. The third-order valence-corrected chi connectivity index (χ3v) is 3.78. The SMILES string of the molecule is CC(O)CC(C)(C)CNC(=O)NCC1Cc2ccccc2O1. The number of urea groups is 1. The molecule has 1 aromatic rings. The van der Waals surface area contributed by atoms with Crippen molar-refractivity contribution < 1.29 is 14.6 Å². The number of hydrogen-bond acceptors (Lipinski definition) is 3. The predicted molar refractivity (Wildman–Crippen MR) is 86.0 cm³/mol. The van der Waals surface area contributed by atoms with Gasteiger partial charge in [0.2, 0.25) is 0 Å². The summed E-state index contributed by atoms with van der Waals surface area (Å²) in [7, 11) is 0. The van der Waals surface area contributed by atoms with Gasteiger partial charge in [0.15, 0.2) is 0 Å². The number of fused-ring (bicyclic) bond motifs is 1. The first-order chi connectivity index (χ1) is 10.4. The van der Waals surface area contributed by atoms with E-state index in [2.05, 4.69) is 10.6 Å². The predicted octanol–water partition coefficient (Wildman–Crippen LogP) is 2.09. The standard InChI is InChI=1S/C17H26N2O3/c1-12(20)9-17(2,3)11-19-16(21)18-10-14-8-13-6-4-5-7-15(13)22-14/h4-7,12,14,20H,8-11H2,1-3H3,(H2,18,19,21). The van der Waals surface area contributed by atoms with E-state index in [9.17, 15) is 9.90 Å². The average molecular weight is 306 g/mol. The first-order valence-electron chi connectivity index (χ1n) is 7.80. The Bertz CT molecular complexity index is 489. The summed E-state index contributed by atoms with van der Waals surface area (Å²) in [6.07, 6.45) is 1.09. The van der Waals surface area contributed by atoms with E-state index in [1.54, 1.807) is 6.92 Å². The fourth-order valence-corrected chi connectivity index (χ4v) is 2.83. The average Bonchev–Trinajstić information content (AvgIpc) is 2.84. The van der Waals surface area contributed by atoms with Gasteiger partial charge in [-0.15, -0.1) is 0 Å². The summed E-state index contributed by atoms with van der Waals surface area (Å²) in [5, 5.41) is 15.1. The zero-order chi connectivity index (χ0) is 16.2. The number of aliphatic hydroxyl groups excluding tert-OH is 1. The van der Waals surface area contributed by atoms with E-state index in [1.165, 1.54) is 5.56 Å². The van der Waals surface area contributed by atoms with Gasteiger partial charge >= 0.3 is 6.03 Å². The number of para-hydroxylation sites is 1. The summed E-state index contributed by atoms with van der Waals surface area (Å²) in [4.78, 5) is 11.9. The second-order valence-electron chi connectivity index (χ2n) is 6.83. The lowest BCUT2D eigenvalue weighted by Crippen LogP contribution is -2.44. The van der Waals surface area contributed by atoms with Gasteiger partial charge < -0.3 is 20.5 Å². The molecule has 0 radical (unpaired) electrons. The Kier molecular flexibility index (Phi) is 5.29. The lowest BCUT2D eigenvalue weighted by atomic mass is 9.87. The van der Waals surface area contributed by atoms with Gasteiger partial charge in [-0.05, 0) is 30.4 Å². The molecule has 2 amide bonds. The highest BCUT2D eigenvalue weighted by Crippen LogP contribution is 2.27. The molecule has 122 valence electrons. The molecule has 1 heterocycles. The summed E-state index contributed by atoms with van der Waals surface area (Å²) < 4.78 is 5.78. The zero-order valence-electron chi connectivity index (χ0n) is 13.6.